The topological polar surface area (TPSA) is 49.6 Å². The molecule has 5 unspecified atom stereocenters. The Bertz CT molecular complexity index is 376. The molecule has 2 heterocycles. The zero-order chi connectivity index (χ0) is 15.0. The van der Waals surface area contributed by atoms with Crippen molar-refractivity contribution in [3.05, 3.63) is 0 Å². The minimum Gasteiger partial charge on any atom is -0.337 e. The molecule has 1 aliphatic carbocycles. The summed E-state index contributed by atoms with van der Waals surface area (Å²) in [6.07, 6.45) is 7.24. The van der Waals surface area contributed by atoms with Crippen molar-refractivity contribution in [2.24, 2.45) is 17.6 Å². The molecule has 0 bridgehead atoms. The second-order valence-electron chi connectivity index (χ2n) is 7.58. The van der Waals surface area contributed by atoms with Crippen LogP contribution in [0.2, 0.25) is 0 Å². The van der Waals surface area contributed by atoms with E-state index in [2.05, 4.69) is 23.6 Å². The van der Waals surface area contributed by atoms with Gasteiger partial charge in [-0.3, -0.25) is 9.69 Å². The summed E-state index contributed by atoms with van der Waals surface area (Å²) >= 11 is 0. The molecule has 3 rings (SSSR count). The zero-order valence-electron chi connectivity index (χ0n) is 13.6. The van der Waals surface area contributed by atoms with Crippen LogP contribution in [0.5, 0.6) is 0 Å². The Kier molecular flexibility index (Phi) is 4.55. The molecule has 4 heteroatoms. The zero-order valence-corrected chi connectivity index (χ0v) is 13.6. The molecular formula is C17H31N3O. The molecule has 5 atom stereocenters. The largest absolute Gasteiger partial charge is 0.337 e. The van der Waals surface area contributed by atoms with Gasteiger partial charge in [-0.1, -0.05) is 19.8 Å². The third-order valence-corrected chi connectivity index (χ3v) is 6.03. The van der Waals surface area contributed by atoms with Gasteiger partial charge >= 0.3 is 0 Å². The summed E-state index contributed by atoms with van der Waals surface area (Å²) in [6, 6.07) is 1.00. The fourth-order valence-electron chi connectivity index (χ4n) is 4.73. The van der Waals surface area contributed by atoms with Gasteiger partial charge in [-0.15, -0.1) is 0 Å². The highest BCUT2D eigenvalue weighted by Gasteiger charge is 2.41. The van der Waals surface area contributed by atoms with Crippen LogP contribution in [-0.2, 0) is 4.79 Å². The van der Waals surface area contributed by atoms with E-state index in [0.29, 0.717) is 23.9 Å². The normalized spacial score (nSPS) is 41.7. The second kappa shape index (κ2) is 6.25. The minimum absolute atomic E-state index is 0.0522. The van der Waals surface area contributed by atoms with Crippen LogP contribution in [0.3, 0.4) is 0 Å². The summed E-state index contributed by atoms with van der Waals surface area (Å²) in [5.74, 6) is 0.835. The minimum atomic E-state index is 0.0522. The summed E-state index contributed by atoms with van der Waals surface area (Å²) in [5.41, 5.74) is 6.30. The Morgan fingerprint density at radius 3 is 2.62 bits per heavy atom. The fraction of sp³-hybridized carbons (Fsp3) is 0.941. The van der Waals surface area contributed by atoms with Crippen LogP contribution >= 0.6 is 0 Å². The van der Waals surface area contributed by atoms with Crippen molar-refractivity contribution in [3.63, 3.8) is 0 Å². The number of fused-ring (bicyclic) bond motifs is 1. The SMILES string of the molecule is CC1CCCC(N)C1C(=O)N1CC2CCCCN2CC1C. The van der Waals surface area contributed by atoms with Gasteiger partial charge in [-0.25, -0.2) is 0 Å². The van der Waals surface area contributed by atoms with Crippen molar-refractivity contribution >= 4 is 5.91 Å². The lowest BCUT2D eigenvalue weighted by Gasteiger charge is -2.49. The third kappa shape index (κ3) is 2.98. The maximum Gasteiger partial charge on any atom is 0.227 e. The van der Waals surface area contributed by atoms with Crippen LogP contribution in [0.1, 0.15) is 52.4 Å². The number of piperazine rings is 1. The molecule has 0 aromatic heterocycles. The highest BCUT2D eigenvalue weighted by molar-refractivity contribution is 5.80. The van der Waals surface area contributed by atoms with E-state index in [4.69, 9.17) is 5.73 Å². The summed E-state index contributed by atoms with van der Waals surface area (Å²) in [7, 11) is 0. The Balaban J connectivity index is 1.71. The van der Waals surface area contributed by atoms with Crippen molar-refractivity contribution in [1.82, 2.24) is 9.80 Å². The van der Waals surface area contributed by atoms with Gasteiger partial charge in [0.1, 0.15) is 0 Å². The Morgan fingerprint density at radius 1 is 1.05 bits per heavy atom. The Hall–Kier alpha value is -0.610. The molecule has 0 aromatic carbocycles. The predicted molar refractivity (Wildman–Crippen MR) is 84.9 cm³/mol. The maximum absolute atomic E-state index is 13.1. The summed E-state index contributed by atoms with van der Waals surface area (Å²) in [6.45, 7) is 7.62. The molecule has 21 heavy (non-hydrogen) atoms. The van der Waals surface area contributed by atoms with Crippen molar-refractivity contribution < 1.29 is 4.79 Å². The molecule has 0 aromatic rings. The van der Waals surface area contributed by atoms with E-state index in [1.54, 1.807) is 0 Å². The molecular weight excluding hydrogens is 262 g/mol. The van der Waals surface area contributed by atoms with Crippen LogP contribution < -0.4 is 5.73 Å². The molecule has 2 N–H and O–H groups in total. The Morgan fingerprint density at radius 2 is 1.86 bits per heavy atom. The maximum atomic E-state index is 13.1. The number of hydrogen-bond acceptors (Lipinski definition) is 3. The van der Waals surface area contributed by atoms with Gasteiger partial charge in [-0.2, -0.15) is 0 Å². The van der Waals surface area contributed by atoms with Gasteiger partial charge < -0.3 is 10.6 Å². The first-order chi connectivity index (χ1) is 10.1. The monoisotopic (exact) mass is 293 g/mol. The molecule has 120 valence electrons. The lowest BCUT2D eigenvalue weighted by Crippen LogP contribution is -2.62. The van der Waals surface area contributed by atoms with Gasteiger partial charge in [0.05, 0.1) is 5.92 Å². The number of piperidine rings is 1. The number of hydrogen-bond donors (Lipinski definition) is 1. The van der Waals surface area contributed by atoms with E-state index >= 15 is 0 Å². The van der Waals surface area contributed by atoms with Crippen LogP contribution in [0.25, 0.3) is 0 Å². The van der Waals surface area contributed by atoms with Gasteiger partial charge in [0, 0.05) is 31.2 Å². The molecule has 1 amide bonds. The highest BCUT2D eigenvalue weighted by Crippen LogP contribution is 2.32. The van der Waals surface area contributed by atoms with Crippen molar-refractivity contribution in [2.45, 2.75) is 70.5 Å². The summed E-state index contributed by atoms with van der Waals surface area (Å²) < 4.78 is 0. The standard InChI is InChI=1S/C17H31N3O/c1-12-6-5-8-15(18)16(12)17(21)20-11-14-7-3-4-9-19(14)10-13(20)2/h12-16H,3-11,18H2,1-2H3. The first kappa shape index (κ1) is 15.3. The molecule has 2 aliphatic heterocycles. The smallest absolute Gasteiger partial charge is 0.227 e. The number of nitrogens with two attached hydrogens (primary N) is 1. The summed E-state index contributed by atoms with van der Waals surface area (Å²) in [4.78, 5) is 17.9. The van der Waals surface area contributed by atoms with Crippen molar-refractivity contribution in [1.29, 1.82) is 0 Å². The first-order valence-electron chi connectivity index (χ1n) is 8.88. The Labute approximate surface area is 129 Å². The number of carbonyl (C=O) groups excluding carboxylic acids is 1. The quantitative estimate of drug-likeness (QED) is 0.802. The molecule has 2 saturated heterocycles. The van der Waals surface area contributed by atoms with E-state index in [9.17, 15) is 4.79 Å². The predicted octanol–water partition coefficient (Wildman–Crippen LogP) is 1.84. The van der Waals surface area contributed by atoms with Crippen LogP contribution in [0, 0.1) is 11.8 Å². The van der Waals surface area contributed by atoms with Crippen LogP contribution in [0.15, 0.2) is 0 Å². The highest BCUT2D eigenvalue weighted by atomic mass is 16.2. The number of rotatable bonds is 1. The van der Waals surface area contributed by atoms with E-state index in [-0.39, 0.29) is 12.0 Å². The fourth-order valence-corrected chi connectivity index (χ4v) is 4.73. The van der Waals surface area contributed by atoms with Crippen LogP contribution in [0.4, 0.5) is 0 Å². The molecule has 3 aliphatic rings. The van der Waals surface area contributed by atoms with E-state index < -0.39 is 0 Å². The first-order valence-corrected chi connectivity index (χ1v) is 8.88. The molecule has 0 spiro atoms. The van der Waals surface area contributed by atoms with Gasteiger partial charge in [0.2, 0.25) is 5.91 Å². The molecule has 0 radical (unpaired) electrons. The average molecular weight is 293 g/mol. The number of nitrogens with zero attached hydrogens (tertiary/aromatic N) is 2. The second-order valence-corrected chi connectivity index (χ2v) is 7.58. The van der Waals surface area contributed by atoms with Crippen LogP contribution in [-0.4, -0.2) is 53.5 Å². The third-order valence-electron chi connectivity index (χ3n) is 6.03. The lowest BCUT2D eigenvalue weighted by atomic mass is 9.76. The van der Waals surface area contributed by atoms with E-state index in [1.165, 1.54) is 32.2 Å². The molecule has 1 saturated carbocycles. The number of carbonyl (C=O) groups is 1. The van der Waals surface area contributed by atoms with Gasteiger partial charge in [-0.05, 0) is 45.1 Å². The molecule has 4 nitrogen and oxygen atoms in total. The van der Waals surface area contributed by atoms with Crippen molar-refractivity contribution in [2.75, 3.05) is 19.6 Å². The lowest BCUT2D eigenvalue weighted by molar-refractivity contribution is -0.146. The van der Waals surface area contributed by atoms with Gasteiger partial charge in [0.25, 0.3) is 0 Å². The van der Waals surface area contributed by atoms with Crippen molar-refractivity contribution in [3.8, 4) is 0 Å². The molecule has 3 fully saturated rings. The van der Waals surface area contributed by atoms with Gasteiger partial charge in [0.15, 0.2) is 0 Å². The average Bonchev–Trinajstić information content (AvgIpc) is 2.46. The number of amides is 1. The van der Waals surface area contributed by atoms with E-state index in [1.807, 2.05) is 0 Å². The summed E-state index contributed by atoms with van der Waals surface area (Å²) in [5, 5.41) is 0. The van der Waals surface area contributed by atoms with E-state index in [0.717, 1.165) is 25.9 Å².